The summed E-state index contributed by atoms with van der Waals surface area (Å²) in [5.74, 6) is 0.838. The van der Waals surface area contributed by atoms with Crippen LogP contribution in [0.15, 0.2) is 18.2 Å². The van der Waals surface area contributed by atoms with Gasteiger partial charge in [-0.15, -0.1) is 0 Å². The van der Waals surface area contributed by atoms with Gasteiger partial charge in [-0.2, -0.15) is 0 Å². The molecule has 3 nitrogen and oxygen atoms in total. The highest BCUT2D eigenvalue weighted by Crippen LogP contribution is 2.31. The third-order valence-corrected chi connectivity index (χ3v) is 2.43. The zero-order valence-corrected chi connectivity index (χ0v) is 8.77. The Morgan fingerprint density at radius 2 is 2.50 bits per heavy atom. The number of hydrogen-bond acceptors (Lipinski definition) is 3. The molecule has 0 radical (unpaired) electrons. The zero-order valence-electron chi connectivity index (χ0n) is 8.01. The molecule has 0 bridgehead atoms. The largest absolute Gasteiger partial charge is 0.489 e. The third kappa shape index (κ3) is 1.94. The smallest absolute Gasteiger partial charge is 0.143 e. The molecule has 0 saturated heterocycles. The van der Waals surface area contributed by atoms with Gasteiger partial charge in [0.2, 0.25) is 0 Å². The average molecular weight is 213 g/mol. The molecule has 1 atom stereocenters. The van der Waals surface area contributed by atoms with E-state index in [1.807, 2.05) is 25.2 Å². The maximum absolute atomic E-state index is 5.85. The standard InChI is InChI=1S/C10H13ClN2O/c1-12-5-8-6-14-10-4-7(11)2-3-9(10)13-8/h2-4,8,12-13H,5-6H2,1H3. The van der Waals surface area contributed by atoms with E-state index in [4.69, 9.17) is 16.3 Å². The maximum atomic E-state index is 5.85. The SMILES string of the molecule is CNCC1COc2cc(Cl)ccc2N1. The molecule has 0 fully saturated rings. The Bertz CT molecular complexity index is 330. The Balaban J connectivity index is 2.15. The molecule has 1 aromatic rings. The van der Waals surface area contributed by atoms with Crippen molar-refractivity contribution >= 4 is 17.3 Å². The molecule has 14 heavy (non-hydrogen) atoms. The summed E-state index contributed by atoms with van der Waals surface area (Å²) in [5, 5.41) is 7.20. The minimum Gasteiger partial charge on any atom is -0.489 e. The fourth-order valence-electron chi connectivity index (χ4n) is 1.54. The van der Waals surface area contributed by atoms with Crippen LogP contribution in [0.1, 0.15) is 0 Å². The predicted octanol–water partition coefficient (Wildman–Crippen LogP) is 1.73. The number of benzene rings is 1. The van der Waals surface area contributed by atoms with Gasteiger partial charge in [-0.1, -0.05) is 11.6 Å². The van der Waals surface area contributed by atoms with Gasteiger partial charge < -0.3 is 15.4 Å². The van der Waals surface area contributed by atoms with Crippen LogP contribution in [0.4, 0.5) is 5.69 Å². The van der Waals surface area contributed by atoms with Crippen LogP contribution in [0, 0.1) is 0 Å². The van der Waals surface area contributed by atoms with Crippen LogP contribution in [0.2, 0.25) is 5.02 Å². The molecule has 0 aromatic heterocycles. The molecular formula is C10H13ClN2O. The van der Waals surface area contributed by atoms with Crippen molar-refractivity contribution < 1.29 is 4.74 Å². The van der Waals surface area contributed by atoms with Gasteiger partial charge in [-0.3, -0.25) is 0 Å². The van der Waals surface area contributed by atoms with E-state index in [1.165, 1.54) is 0 Å². The molecule has 1 aliphatic heterocycles. The lowest BCUT2D eigenvalue weighted by atomic mass is 10.2. The third-order valence-electron chi connectivity index (χ3n) is 2.19. The van der Waals surface area contributed by atoms with Gasteiger partial charge in [0.1, 0.15) is 12.4 Å². The number of anilines is 1. The van der Waals surface area contributed by atoms with Crippen molar-refractivity contribution in [3.8, 4) is 5.75 Å². The van der Waals surface area contributed by atoms with Crippen LogP contribution < -0.4 is 15.4 Å². The number of ether oxygens (including phenoxy) is 1. The van der Waals surface area contributed by atoms with Crippen molar-refractivity contribution in [3.05, 3.63) is 23.2 Å². The molecule has 76 valence electrons. The number of halogens is 1. The average Bonchev–Trinajstić information content (AvgIpc) is 2.19. The van der Waals surface area contributed by atoms with E-state index in [0.29, 0.717) is 17.7 Å². The number of likely N-dealkylation sites (N-methyl/N-ethyl adjacent to an activating group) is 1. The summed E-state index contributed by atoms with van der Waals surface area (Å²) in [4.78, 5) is 0. The zero-order chi connectivity index (χ0) is 9.97. The van der Waals surface area contributed by atoms with E-state index in [0.717, 1.165) is 18.0 Å². The molecule has 1 aliphatic rings. The number of fused-ring (bicyclic) bond motifs is 1. The maximum Gasteiger partial charge on any atom is 0.143 e. The summed E-state index contributed by atoms with van der Waals surface area (Å²) in [6.07, 6.45) is 0. The second-order valence-corrected chi connectivity index (χ2v) is 3.79. The lowest BCUT2D eigenvalue weighted by Gasteiger charge is -2.27. The van der Waals surface area contributed by atoms with E-state index in [-0.39, 0.29) is 0 Å². The number of hydrogen-bond donors (Lipinski definition) is 2. The number of rotatable bonds is 2. The van der Waals surface area contributed by atoms with Gasteiger partial charge in [0.05, 0.1) is 11.7 Å². The minimum atomic E-state index is 0.327. The predicted molar refractivity (Wildman–Crippen MR) is 58.3 cm³/mol. The van der Waals surface area contributed by atoms with Crippen LogP contribution in [0.5, 0.6) is 5.75 Å². The van der Waals surface area contributed by atoms with Crippen LogP contribution in [0.3, 0.4) is 0 Å². The van der Waals surface area contributed by atoms with Crippen molar-refractivity contribution in [1.29, 1.82) is 0 Å². The first-order valence-electron chi connectivity index (χ1n) is 4.63. The van der Waals surface area contributed by atoms with Crippen LogP contribution in [0.25, 0.3) is 0 Å². The van der Waals surface area contributed by atoms with Crippen molar-refractivity contribution in [2.45, 2.75) is 6.04 Å². The van der Waals surface area contributed by atoms with E-state index in [1.54, 1.807) is 0 Å². The monoisotopic (exact) mass is 212 g/mol. The molecule has 2 N–H and O–H groups in total. The molecule has 0 saturated carbocycles. The molecule has 4 heteroatoms. The second-order valence-electron chi connectivity index (χ2n) is 3.35. The van der Waals surface area contributed by atoms with Crippen molar-refractivity contribution in [3.63, 3.8) is 0 Å². The van der Waals surface area contributed by atoms with E-state index in [2.05, 4.69) is 10.6 Å². The van der Waals surface area contributed by atoms with Gasteiger partial charge in [0, 0.05) is 17.6 Å². The summed E-state index contributed by atoms with van der Waals surface area (Å²) < 4.78 is 5.58. The molecule has 0 aliphatic carbocycles. The van der Waals surface area contributed by atoms with Crippen molar-refractivity contribution in [2.75, 3.05) is 25.5 Å². The fourth-order valence-corrected chi connectivity index (χ4v) is 1.71. The van der Waals surface area contributed by atoms with Crippen LogP contribution in [-0.4, -0.2) is 26.2 Å². The normalized spacial score (nSPS) is 19.4. The lowest BCUT2D eigenvalue weighted by Crippen LogP contribution is -2.38. The van der Waals surface area contributed by atoms with Gasteiger partial charge in [0.25, 0.3) is 0 Å². The Labute approximate surface area is 88.4 Å². The first kappa shape index (κ1) is 9.62. The van der Waals surface area contributed by atoms with Gasteiger partial charge in [-0.05, 0) is 19.2 Å². The second kappa shape index (κ2) is 4.07. The van der Waals surface area contributed by atoms with Gasteiger partial charge in [0.15, 0.2) is 0 Å². The Morgan fingerprint density at radius 1 is 1.64 bits per heavy atom. The topological polar surface area (TPSA) is 33.3 Å². The number of nitrogens with one attached hydrogen (secondary N) is 2. The first-order chi connectivity index (χ1) is 6.79. The highest BCUT2D eigenvalue weighted by molar-refractivity contribution is 6.30. The summed E-state index contributed by atoms with van der Waals surface area (Å²) in [5.41, 5.74) is 1.01. The minimum absolute atomic E-state index is 0.327. The Morgan fingerprint density at radius 3 is 3.29 bits per heavy atom. The molecule has 0 amide bonds. The highest BCUT2D eigenvalue weighted by atomic mass is 35.5. The Hall–Kier alpha value is -0.930. The van der Waals surface area contributed by atoms with E-state index >= 15 is 0 Å². The Kier molecular flexibility index (Phi) is 2.79. The van der Waals surface area contributed by atoms with Crippen LogP contribution >= 0.6 is 11.6 Å². The quantitative estimate of drug-likeness (QED) is 0.784. The summed E-state index contributed by atoms with van der Waals surface area (Å²) in [6, 6.07) is 5.96. The summed E-state index contributed by atoms with van der Waals surface area (Å²) in [7, 11) is 1.93. The summed E-state index contributed by atoms with van der Waals surface area (Å²) >= 11 is 5.85. The molecular weight excluding hydrogens is 200 g/mol. The van der Waals surface area contributed by atoms with Crippen molar-refractivity contribution in [1.82, 2.24) is 5.32 Å². The molecule has 1 heterocycles. The molecule has 1 aromatic carbocycles. The molecule has 1 unspecified atom stereocenters. The highest BCUT2D eigenvalue weighted by Gasteiger charge is 2.17. The van der Waals surface area contributed by atoms with E-state index in [9.17, 15) is 0 Å². The van der Waals surface area contributed by atoms with Crippen LogP contribution in [-0.2, 0) is 0 Å². The molecule has 0 spiro atoms. The van der Waals surface area contributed by atoms with Gasteiger partial charge >= 0.3 is 0 Å². The molecule has 2 rings (SSSR count). The first-order valence-corrected chi connectivity index (χ1v) is 5.01. The fraction of sp³-hybridized carbons (Fsp3) is 0.400. The lowest BCUT2D eigenvalue weighted by molar-refractivity contribution is 0.282. The van der Waals surface area contributed by atoms with E-state index < -0.39 is 0 Å². The summed E-state index contributed by atoms with van der Waals surface area (Å²) in [6.45, 7) is 1.57. The van der Waals surface area contributed by atoms with Gasteiger partial charge in [-0.25, -0.2) is 0 Å². The van der Waals surface area contributed by atoms with Crippen molar-refractivity contribution in [2.24, 2.45) is 0 Å².